The molecular formula is C25H18ClN3O6S. The number of nitro benzene ring substituents is 1. The fourth-order valence-corrected chi connectivity index (χ4v) is 4.31. The third-order valence-corrected chi connectivity index (χ3v) is 6.27. The molecule has 1 saturated heterocycles. The Labute approximate surface area is 214 Å². The minimum atomic E-state index is -0.518. The second kappa shape index (κ2) is 11.1. The molecule has 3 amide bonds. The van der Waals surface area contributed by atoms with E-state index in [-0.39, 0.29) is 29.7 Å². The molecular weight excluding hydrogens is 506 g/mol. The Bertz CT molecular complexity index is 1380. The summed E-state index contributed by atoms with van der Waals surface area (Å²) in [5.41, 5.74) is 1.61. The number of carbonyl (C=O) groups excluding carboxylic acids is 3. The Morgan fingerprint density at radius 3 is 2.56 bits per heavy atom. The molecule has 36 heavy (non-hydrogen) atoms. The lowest BCUT2D eigenvalue weighted by molar-refractivity contribution is -0.384. The summed E-state index contributed by atoms with van der Waals surface area (Å²) in [6.07, 6.45) is 1.57. The molecule has 11 heteroatoms. The van der Waals surface area contributed by atoms with Crippen LogP contribution in [-0.2, 0) is 16.1 Å². The Hall–Kier alpha value is -4.15. The van der Waals surface area contributed by atoms with Crippen molar-refractivity contribution < 1.29 is 24.0 Å². The summed E-state index contributed by atoms with van der Waals surface area (Å²) in [4.78, 5) is 49.0. The molecule has 182 valence electrons. The van der Waals surface area contributed by atoms with Gasteiger partial charge < -0.3 is 10.1 Å². The minimum absolute atomic E-state index is 0.00366. The lowest BCUT2D eigenvalue weighted by Gasteiger charge is -2.12. The second-order valence-corrected chi connectivity index (χ2v) is 8.98. The van der Waals surface area contributed by atoms with Crippen molar-refractivity contribution >= 4 is 57.9 Å². The Kier molecular flexibility index (Phi) is 7.67. The molecule has 0 atom stereocenters. The lowest BCUT2D eigenvalue weighted by Crippen LogP contribution is -2.27. The normalized spacial score (nSPS) is 14.2. The number of anilines is 1. The molecule has 3 aromatic carbocycles. The molecule has 0 bridgehead atoms. The van der Waals surface area contributed by atoms with Gasteiger partial charge in [0.2, 0.25) is 0 Å². The molecule has 1 heterocycles. The third kappa shape index (κ3) is 6.09. The van der Waals surface area contributed by atoms with Crippen LogP contribution in [0.5, 0.6) is 5.75 Å². The lowest BCUT2D eigenvalue weighted by atomic mass is 10.2. The molecule has 0 unspecified atom stereocenters. The quantitative estimate of drug-likeness (QED) is 0.235. The van der Waals surface area contributed by atoms with Gasteiger partial charge in [0, 0.05) is 12.1 Å². The molecule has 3 aromatic rings. The highest BCUT2D eigenvalue weighted by atomic mass is 35.5. The number of nitrogens with one attached hydrogen (secondary N) is 1. The van der Waals surface area contributed by atoms with Gasteiger partial charge in [0.25, 0.3) is 22.7 Å². The average molecular weight is 524 g/mol. The van der Waals surface area contributed by atoms with Crippen molar-refractivity contribution in [3.63, 3.8) is 0 Å². The van der Waals surface area contributed by atoms with Gasteiger partial charge in [-0.25, -0.2) is 0 Å². The Morgan fingerprint density at radius 2 is 1.83 bits per heavy atom. The number of amides is 3. The van der Waals surface area contributed by atoms with Crippen molar-refractivity contribution in [2.75, 3.05) is 11.9 Å². The smallest absolute Gasteiger partial charge is 0.293 e. The molecule has 1 N–H and O–H groups in total. The zero-order valence-corrected chi connectivity index (χ0v) is 20.1. The first kappa shape index (κ1) is 25.0. The number of non-ortho nitro benzene ring substituents is 1. The van der Waals surface area contributed by atoms with Gasteiger partial charge in [-0.1, -0.05) is 48.0 Å². The summed E-state index contributed by atoms with van der Waals surface area (Å²) >= 11 is 6.84. The first-order chi connectivity index (χ1) is 17.3. The second-order valence-electron chi connectivity index (χ2n) is 7.58. The van der Waals surface area contributed by atoms with Crippen molar-refractivity contribution in [3.8, 4) is 5.75 Å². The van der Waals surface area contributed by atoms with Crippen LogP contribution < -0.4 is 10.1 Å². The summed E-state index contributed by atoms with van der Waals surface area (Å²) in [5.74, 6) is -0.446. The summed E-state index contributed by atoms with van der Waals surface area (Å²) in [6, 6.07) is 19.3. The van der Waals surface area contributed by atoms with Crippen molar-refractivity contribution in [2.24, 2.45) is 0 Å². The van der Waals surface area contributed by atoms with E-state index in [9.17, 15) is 24.5 Å². The minimum Gasteiger partial charge on any atom is -0.484 e. The van der Waals surface area contributed by atoms with E-state index in [2.05, 4.69) is 5.32 Å². The SMILES string of the molecule is O=C(COc1cccc(/C=C2\SC(=O)N(Cc3ccc([N+](=O)[O-])cc3)C2=O)c1)Nc1ccccc1Cl. The number of hydrogen-bond acceptors (Lipinski definition) is 7. The maximum Gasteiger partial charge on any atom is 0.293 e. The van der Waals surface area contributed by atoms with Crippen LogP contribution in [0.1, 0.15) is 11.1 Å². The Balaban J connectivity index is 1.39. The van der Waals surface area contributed by atoms with E-state index in [1.54, 1.807) is 54.6 Å². The van der Waals surface area contributed by atoms with Gasteiger partial charge in [-0.2, -0.15) is 0 Å². The fraction of sp³-hybridized carbons (Fsp3) is 0.0800. The zero-order valence-electron chi connectivity index (χ0n) is 18.5. The molecule has 9 nitrogen and oxygen atoms in total. The van der Waals surface area contributed by atoms with Crippen LogP contribution in [0.2, 0.25) is 5.02 Å². The highest BCUT2D eigenvalue weighted by Gasteiger charge is 2.35. The first-order valence-electron chi connectivity index (χ1n) is 10.6. The summed E-state index contributed by atoms with van der Waals surface area (Å²) in [6.45, 7) is -0.246. The maximum absolute atomic E-state index is 12.8. The molecule has 4 rings (SSSR count). The van der Waals surface area contributed by atoms with Crippen LogP contribution >= 0.6 is 23.4 Å². The van der Waals surface area contributed by atoms with Crippen molar-refractivity contribution in [3.05, 3.63) is 104 Å². The molecule has 0 spiro atoms. The van der Waals surface area contributed by atoms with E-state index >= 15 is 0 Å². The molecule has 1 fully saturated rings. The van der Waals surface area contributed by atoms with Crippen LogP contribution in [-0.4, -0.2) is 33.5 Å². The van der Waals surface area contributed by atoms with Gasteiger partial charge in [-0.3, -0.25) is 29.4 Å². The summed E-state index contributed by atoms with van der Waals surface area (Å²) in [7, 11) is 0. The number of ether oxygens (including phenoxy) is 1. The van der Waals surface area contributed by atoms with E-state index < -0.39 is 16.1 Å². The standard InChI is InChI=1S/C25H18ClN3O6S/c26-20-6-1-2-7-21(20)27-23(30)15-35-19-5-3-4-17(12-19)13-22-24(31)28(25(32)36-22)14-16-8-10-18(11-9-16)29(33)34/h1-13H,14-15H2,(H,27,30)/b22-13-. The predicted molar refractivity (Wildman–Crippen MR) is 137 cm³/mol. The van der Waals surface area contributed by atoms with Gasteiger partial charge in [0.1, 0.15) is 5.75 Å². The highest BCUT2D eigenvalue weighted by Crippen LogP contribution is 2.34. The van der Waals surface area contributed by atoms with Crippen molar-refractivity contribution in [2.45, 2.75) is 6.54 Å². The van der Waals surface area contributed by atoms with Crippen LogP contribution in [0.4, 0.5) is 16.2 Å². The number of nitro groups is 1. The highest BCUT2D eigenvalue weighted by molar-refractivity contribution is 8.18. The van der Waals surface area contributed by atoms with Gasteiger partial charge in [0.15, 0.2) is 6.61 Å². The van der Waals surface area contributed by atoms with Gasteiger partial charge in [0.05, 0.1) is 27.1 Å². The van der Waals surface area contributed by atoms with E-state index in [1.165, 1.54) is 24.3 Å². The van der Waals surface area contributed by atoms with Crippen LogP contribution in [0, 0.1) is 10.1 Å². The van der Waals surface area contributed by atoms with E-state index in [0.717, 1.165) is 16.7 Å². The molecule has 1 aliphatic heterocycles. The number of halogens is 1. The first-order valence-corrected chi connectivity index (χ1v) is 11.8. The van der Waals surface area contributed by atoms with Gasteiger partial charge in [-0.05, 0) is 53.2 Å². The van der Waals surface area contributed by atoms with E-state index in [1.807, 2.05) is 0 Å². The van der Waals surface area contributed by atoms with E-state index in [4.69, 9.17) is 16.3 Å². The largest absolute Gasteiger partial charge is 0.484 e. The van der Waals surface area contributed by atoms with Crippen molar-refractivity contribution in [1.29, 1.82) is 0 Å². The third-order valence-electron chi connectivity index (χ3n) is 5.04. The van der Waals surface area contributed by atoms with Gasteiger partial charge >= 0.3 is 0 Å². The van der Waals surface area contributed by atoms with Crippen molar-refractivity contribution in [1.82, 2.24) is 4.90 Å². The number of nitrogens with zero attached hydrogens (tertiary/aromatic N) is 2. The van der Waals surface area contributed by atoms with E-state index in [0.29, 0.717) is 27.6 Å². The fourth-order valence-electron chi connectivity index (χ4n) is 3.29. The van der Waals surface area contributed by atoms with Crippen LogP contribution in [0.3, 0.4) is 0 Å². The molecule has 1 aliphatic rings. The number of thioether (sulfide) groups is 1. The molecule has 0 radical (unpaired) electrons. The monoisotopic (exact) mass is 523 g/mol. The number of hydrogen-bond donors (Lipinski definition) is 1. The summed E-state index contributed by atoms with van der Waals surface area (Å²) < 4.78 is 5.56. The Morgan fingerprint density at radius 1 is 1.08 bits per heavy atom. The predicted octanol–water partition coefficient (Wildman–Crippen LogP) is 5.50. The molecule has 0 saturated carbocycles. The number of carbonyl (C=O) groups is 3. The topological polar surface area (TPSA) is 119 Å². The number of imide groups is 1. The molecule has 0 aromatic heterocycles. The number of para-hydroxylation sites is 1. The number of rotatable bonds is 8. The van der Waals surface area contributed by atoms with Crippen LogP contribution in [0.15, 0.2) is 77.7 Å². The average Bonchev–Trinajstić information content (AvgIpc) is 3.12. The summed E-state index contributed by atoms with van der Waals surface area (Å²) in [5, 5.41) is 13.4. The zero-order chi connectivity index (χ0) is 25.7. The van der Waals surface area contributed by atoms with Crippen LogP contribution in [0.25, 0.3) is 6.08 Å². The maximum atomic E-state index is 12.8. The van der Waals surface area contributed by atoms with Gasteiger partial charge in [-0.15, -0.1) is 0 Å². The number of benzene rings is 3. The molecule has 0 aliphatic carbocycles.